The zero-order chi connectivity index (χ0) is 21.3. The maximum absolute atomic E-state index is 13.0. The molecule has 0 aromatic heterocycles. The van der Waals surface area contributed by atoms with Crippen molar-refractivity contribution in [2.75, 3.05) is 6.61 Å². The summed E-state index contributed by atoms with van der Waals surface area (Å²) < 4.78 is 5.06. The van der Waals surface area contributed by atoms with Gasteiger partial charge in [-0.25, -0.2) is 0 Å². The predicted molar refractivity (Wildman–Crippen MR) is 113 cm³/mol. The van der Waals surface area contributed by atoms with Crippen molar-refractivity contribution in [1.82, 2.24) is 0 Å². The van der Waals surface area contributed by atoms with E-state index in [9.17, 15) is 14.4 Å². The number of hydrogen-bond donors (Lipinski definition) is 0. The van der Waals surface area contributed by atoms with Crippen molar-refractivity contribution >= 4 is 17.5 Å². The maximum atomic E-state index is 13.0. The maximum Gasteiger partial charge on any atom is 0.303 e. The summed E-state index contributed by atoms with van der Waals surface area (Å²) in [6, 6.07) is 0. The Hall–Kier alpha value is -1.71. The summed E-state index contributed by atoms with van der Waals surface area (Å²) in [6.45, 7) is 10.2. The Balaban J connectivity index is 1.91. The number of Topliss-reactive ketones (excluding diaryl/α,β-unsaturated/α-hetero) is 1. The van der Waals surface area contributed by atoms with E-state index in [2.05, 4.69) is 39.8 Å². The van der Waals surface area contributed by atoms with E-state index in [4.69, 9.17) is 4.74 Å². The summed E-state index contributed by atoms with van der Waals surface area (Å²) in [5.41, 5.74) is 1.41. The lowest BCUT2D eigenvalue weighted by Gasteiger charge is -2.46. The number of hydrogen-bond acceptors (Lipinski definition) is 4. The van der Waals surface area contributed by atoms with Gasteiger partial charge < -0.3 is 4.74 Å². The molecule has 1 saturated carbocycles. The summed E-state index contributed by atoms with van der Waals surface area (Å²) in [7, 11) is 0. The van der Waals surface area contributed by atoms with Crippen LogP contribution < -0.4 is 0 Å². The van der Waals surface area contributed by atoms with Crippen molar-refractivity contribution in [3.63, 3.8) is 0 Å². The highest BCUT2D eigenvalue weighted by atomic mass is 16.5. The second kappa shape index (κ2) is 8.57. The summed E-state index contributed by atoms with van der Waals surface area (Å²) in [5.74, 6) is 1.77. The molecule has 3 rings (SSSR count). The Labute approximate surface area is 175 Å². The van der Waals surface area contributed by atoms with Crippen LogP contribution in [0.15, 0.2) is 23.8 Å². The van der Waals surface area contributed by atoms with Crippen LogP contribution in [0.5, 0.6) is 0 Å². The molecule has 0 amide bonds. The van der Waals surface area contributed by atoms with E-state index < -0.39 is 5.97 Å². The summed E-state index contributed by atoms with van der Waals surface area (Å²) in [4.78, 5) is 36.3. The van der Waals surface area contributed by atoms with Crippen LogP contribution in [0.25, 0.3) is 0 Å². The Morgan fingerprint density at radius 2 is 1.93 bits per heavy atom. The van der Waals surface area contributed by atoms with Crippen molar-refractivity contribution in [2.24, 2.45) is 40.9 Å². The Bertz CT molecular complexity index is 733. The predicted octanol–water partition coefficient (Wildman–Crippen LogP) is 4.92. The first-order valence-corrected chi connectivity index (χ1v) is 11.2. The normalized spacial score (nSPS) is 39.9. The van der Waals surface area contributed by atoms with E-state index in [1.165, 1.54) is 12.5 Å². The van der Waals surface area contributed by atoms with Crippen molar-refractivity contribution < 1.29 is 19.1 Å². The van der Waals surface area contributed by atoms with Gasteiger partial charge in [-0.3, -0.25) is 14.4 Å². The number of fused-ring (bicyclic) bond motifs is 3. The Morgan fingerprint density at radius 1 is 1.21 bits per heavy atom. The highest BCUT2D eigenvalue weighted by Gasteiger charge is 2.57. The second-order valence-electron chi connectivity index (χ2n) is 10.0. The minimum atomic E-state index is -0.396. The second-order valence-corrected chi connectivity index (χ2v) is 10.0. The van der Waals surface area contributed by atoms with E-state index in [0.29, 0.717) is 36.0 Å². The van der Waals surface area contributed by atoms with E-state index in [-0.39, 0.29) is 29.5 Å². The quantitative estimate of drug-likeness (QED) is 0.498. The molecule has 0 bridgehead atoms. The molecular formula is C25H36O4. The van der Waals surface area contributed by atoms with Crippen LogP contribution in [0, 0.1) is 40.9 Å². The van der Waals surface area contributed by atoms with Gasteiger partial charge in [-0.1, -0.05) is 45.4 Å². The van der Waals surface area contributed by atoms with Gasteiger partial charge in [0.25, 0.3) is 0 Å². The fraction of sp³-hybridized carbons (Fsp3) is 0.720. The largest absolute Gasteiger partial charge is 0.458 e. The third-order valence-corrected chi connectivity index (χ3v) is 7.84. The third-order valence-electron chi connectivity index (χ3n) is 7.84. The monoisotopic (exact) mass is 400 g/mol. The molecule has 7 unspecified atom stereocenters. The summed E-state index contributed by atoms with van der Waals surface area (Å²) in [6.07, 6.45) is 10.7. The van der Waals surface area contributed by atoms with Crippen LogP contribution >= 0.6 is 0 Å². The molecule has 0 saturated heterocycles. The van der Waals surface area contributed by atoms with Crippen LogP contribution in [0.2, 0.25) is 0 Å². The molecule has 0 N–H and O–H groups in total. The summed E-state index contributed by atoms with van der Waals surface area (Å²) in [5, 5.41) is 0. The molecule has 4 nitrogen and oxygen atoms in total. The minimum absolute atomic E-state index is 0.0669. The van der Waals surface area contributed by atoms with Gasteiger partial charge in [0, 0.05) is 19.3 Å². The first-order chi connectivity index (χ1) is 13.6. The van der Waals surface area contributed by atoms with E-state index in [1.54, 1.807) is 6.08 Å². The number of ether oxygens (including phenoxy) is 1. The van der Waals surface area contributed by atoms with Crippen LogP contribution in [0.4, 0.5) is 0 Å². The fourth-order valence-electron chi connectivity index (χ4n) is 6.48. The van der Waals surface area contributed by atoms with Gasteiger partial charge in [0.05, 0.1) is 0 Å². The average molecular weight is 401 g/mol. The van der Waals surface area contributed by atoms with Crippen LogP contribution in [-0.2, 0) is 19.1 Å². The molecule has 0 aliphatic heterocycles. The van der Waals surface area contributed by atoms with Crippen molar-refractivity contribution in [3.8, 4) is 0 Å². The van der Waals surface area contributed by atoms with Gasteiger partial charge in [0.1, 0.15) is 6.61 Å². The van der Waals surface area contributed by atoms with Gasteiger partial charge in [-0.05, 0) is 66.8 Å². The fourth-order valence-corrected chi connectivity index (χ4v) is 6.48. The number of allylic oxidation sites excluding steroid dienone is 4. The molecule has 3 aliphatic carbocycles. The molecule has 4 heteroatoms. The lowest BCUT2D eigenvalue weighted by molar-refractivity contribution is -0.148. The topological polar surface area (TPSA) is 60.4 Å². The van der Waals surface area contributed by atoms with Gasteiger partial charge in [0.2, 0.25) is 0 Å². The molecule has 1 fully saturated rings. The van der Waals surface area contributed by atoms with Crippen LogP contribution in [0.1, 0.15) is 66.7 Å². The zero-order valence-corrected chi connectivity index (χ0v) is 18.6. The SMILES string of the molecule is CC(=O)OCC(=O)C1C(C)CC2C3CC(C)C=CC(=O)CCC(C)C3=CCC21C. The molecule has 0 aromatic carbocycles. The number of ketones is 2. The van der Waals surface area contributed by atoms with Crippen molar-refractivity contribution in [1.29, 1.82) is 0 Å². The highest BCUT2D eigenvalue weighted by molar-refractivity contribution is 5.89. The van der Waals surface area contributed by atoms with Crippen molar-refractivity contribution in [3.05, 3.63) is 23.8 Å². The first kappa shape index (κ1) is 22.0. The van der Waals surface area contributed by atoms with Gasteiger partial charge in [-0.2, -0.15) is 0 Å². The molecule has 3 aliphatic rings. The molecular weight excluding hydrogens is 364 g/mol. The Kier molecular flexibility index (Phi) is 6.50. The number of esters is 1. The lowest BCUT2D eigenvalue weighted by atomic mass is 9.58. The lowest BCUT2D eigenvalue weighted by Crippen LogP contribution is -2.42. The molecule has 0 aromatic rings. The van der Waals surface area contributed by atoms with E-state index in [0.717, 1.165) is 25.7 Å². The number of carbonyl (C=O) groups excluding carboxylic acids is 3. The Morgan fingerprint density at radius 3 is 2.62 bits per heavy atom. The molecule has 0 spiro atoms. The minimum Gasteiger partial charge on any atom is -0.458 e. The standard InChI is InChI=1S/C25H36O4/c1-15-6-8-19(27)9-7-16(2)20-10-11-25(5)22(21(20)12-15)13-17(3)24(25)23(28)14-29-18(4)26/h6,8,10,15-17,21-22,24H,7,9,11-14H2,1-5H3. The van der Waals surface area contributed by atoms with Gasteiger partial charge >= 0.3 is 5.97 Å². The average Bonchev–Trinajstić information content (AvgIpc) is 2.92. The van der Waals surface area contributed by atoms with Gasteiger partial charge in [0.15, 0.2) is 11.6 Å². The molecule has 29 heavy (non-hydrogen) atoms. The first-order valence-electron chi connectivity index (χ1n) is 11.2. The zero-order valence-electron chi connectivity index (χ0n) is 18.6. The molecule has 0 heterocycles. The molecule has 7 atom stereocenters. The van der Waals surface area contributed by atoms with Crippen LogP contribution in [-0.4, -0.2) is 24.1 Å². The third kappa shape index (κ3) is 4.41. The molecule has 160 valence electrons. The van der Waals surface area contributed by atoms with Gasteiger partial charge in [-0.15, -0.1) is 0 Å². The summed E-state index contributed by atoms with van der Waals surface area (Å²) >= 11 is 0. The smallest absolute Gasteiger partial charge is 0.303 e. The van der Waals surface area contributed by atoms with Crippen LogP contribution in [0.3, 0.4) is 0 Å². The molecule has 0 radical (unpaired) electrons. The number of rotatable bonds is 3. The number of carbonyl (C=O) groups is 3. The van der Waals surface area contributed by atoms with Crippen molar-refractivity contribution in [2.45, 2.75) is 66.7 Å². The highest BCUT2D eigenvalue weighted by Crippen LogP contribution is 2.61. The van der Waals surface area contributed by atoms with E-state index in [1.807, 2.05) is 0 Å². The van der Waals surface area contributed by atoms with E-state index >= 15 is 0 Å².